The fourth-order valence-corrected chi connectivity index (χ4v) is 3.38. The second-order valence-electron chi connectivity index (χ2n) is 7.04. The molecule has 1 heterocycles. The van der Waals surface area contributed by atoms with Crippen LogP contribution in [-0.2, 0) is 6.54 Å². The van der Waals surface area contributed by atoms with E-state index in [1.807, 2.05) is 73.7 Å². The number of aliphatic hydroxyl groups excluding tert-OH is 1. The molecule has 0 saturated carbocycles. The Balaban J connectivity index is 1.80. The third-order valence-electron chi connectivity index (χ3n) is 5.04. The van der Waals surface area contributed by atoms with Crippen LogP contribution in [0.15, 0.2) is 77.6 Å². The SMILES string of the molecule is COc1ccc(-c2nn(C[C@@H](O)c3ccc(C)cc3)c(=O)c3ccccc23)cc1. The van der Waals surface area contributed by atoms with Gasteiger partial charge in [-0.15, -0.1) is 0 Å². The van der Waals surface area contributed by atoms with Gasteiger partial charge >= 0.3 is 0 Å². The zero-order chi connectivity index (χ0) is 20.4. The second kappa shape index (κ2) is 7.89. The van der Waals surface area contributed by atoms with Gasteiger partial charge in [-0.2, -0.15) is 5.10 Å². The number of benzene rings is 3. The number of ether oxygens (including phenoxy) is 1. The summed E-state index contributed by atoms with van der Waals surface area (Å²) in [7, 11) is 1.62. The average molecular weight is 386 g/mol. The van der Waals surface area contributed by atoms with Crippen LogP contribution in [0.25, 0.3) is 22.0 Å². The highest BCUT2D eigenvalue weighted by atomic mass is 16.5. The molecule has 0 spiro atoms. The van der Waals surface area contributed by atoms with Gasteiger partial charge in [0.15, 0.2) is 0 Å². The topological polar surface area (TPSA) is 64.3 Å². The molecule has 0 unspecified atom stereocenters. The fraction of sp³-hybridized carbons (Fsp3) is 0.167. The molecule has 0 saturated heterocycles. The first-order valence-corrected chi connectivity index (χ1v) is 9.46. The van der Waals surface area contributed by atoms with Crippen LogP contribution < -0.4 is 10.3 Å². The van der Waals surface area contributed by atoms with E-state index in [1.54, 1.807) is 13.2 Å². The highest BCUT2D eigenvalue weighted by Gasteiger charge is 2.15. The number of methoxy groups -OCH3 is 1. The largest absolute Gasteiger partial charge is 0.497 e. The zero-order valence-corrected chi connectivity index (χ0v) is 16.4. The molecule has 0 amide bonds. The molecule has 0 bridgehead atoms. The van der Waals surface area contributed by atoms with E-state index < -0.39 is 6.10 Å². The van der Waals surface area contributed by atoms with Crippen LogP contribution in [0.2, 0.25) is 0 Å². The summed E-state index contributed by atoms with van der Waals surface area (Å²) >= 11 is 0. The van der Waals surface area contributed by atoms with Crippen molar-refractivity contribution in [2.45, 2.75) is 19.6 Å². The Morgan fingerprint density at radius 1 is 0.966 bits per heavy atom. The lowest BCUT2D eigenvalue weighted by Crippen LogP contribution is -2.26. The first-order valence-electron chi connectivity index (χ1n) is 9.46. The summed E-state index contributed by atoms with van der Waals surface area (Å²) < 4.78 is 6.59. The van der Waals surface area contributed by atoms with Gasteiger partial charge in [-0.05, 0) is 42.8 Å². The average Bonchev–Trinajstić information content (AvgIpc) is 2.76. The first-order chi connectivity index (χ1) is 14.1. The lowest BCUT2D eigenvalue weighted by Gasteiger charge is -2.15. The van der Waals surface area contributed by atoms with E-state index in [-0.39, 0.29) is 12.1 Å². The number of hydrogen-bond donors (Lipinski definition) is 1. The van der Waals surface area contributed by atoms with Gasteiger partial charge in [-0.3, -0.25) is 4.79 Å². The molecule has 1 N–H and O–H groups in total. The van der Waals surface area contributed by atoms with Crippen molar-refractivity contribution in [3.05, 3.63) is 94.3 Å². The summed E-state index contributed by atoms with van der Waals surface area (Å²) in [6, 6.07) is 22.6. The monoisotopic (exact) mass is 386 g/mol. The summed E-state index contributed by atoms with van der Waals surface area (Å²) in [4.78, 5) is 13.0. The molecule has 0 aliphatic rings. The summed E-state index contributed by atoms with van der Waals surface area (Å²) in [6.07, 6.45) is -0.828. The van der Waals surface area contributed by atoms with Gasteiger partial charge < -0.3 is 9.84 Å². The summed E-state index contributed by atoms with van der Waals surface area (Å²) in [6.45, 7) is 2.07. The summed E-state index contributed by atoms with van der Waals surface area (Å²) in [5.41, 5.74) is 3.22. The fourth-order valence-electron chi connectivity index (χ4n) is 3.38. The van der Waals surface area contributed by atoms with E-state index in [0.717, 1.165) is 27.8 Å². The van der Waals surface area contributed by atoms with Gasteiger partial charge in [0.1, 0.15) is 5.75 Å². The Bertz CT molecular complexity index is 1200. The molecule has 3 aromatic carbocycles. The van der Waals surface area contributed by atoms with Crippen LogP contribution in [0.4, 0.5) is 0 Å². The number of aryl methyl sites for hydroxylation is 1. The number of hydrogen-bond acceptors (Lipinski definition) is 4. The minimum absolute atomic E-state index is 0.0792. The Morgan fingerprint density at radius 3 is 2.28 bits per heavy atom. The Labute approximate surface area is 168 Å². The molecular weight excluding hydrogens is 364 g/mol. The minimum atomic E-state index is -0.828. The number of rotatable bonds is 5. The molecule has 5 nitrogen and oxygen atoms in total. The van der Waals surface area contributed by atoms with Crippen LogP contribution in [0, 0.1) is 6.92 Å². The maximum absolute atomic E-state index is 13.0. The molecule has 29 heavy (non-hydrogen) atoms. The third kappa shape index (κ3) is 3.77. The number of fused-ring (bicyclic) bond motifs is 1. The molecular formula is C24H22N2O3. The van der Waals surface area contributed by atoms with Gasteiger partial charge in [0.25, 0.3) is 5.56 Å². The van der Waals surface area contributed by atoms with Crippen molar-refractivity contribution < 1.29 is 9.84 Å². The van der Waals surface area contributed by atoms with Crippen molar-refractivity contribution in [2.75, 3.05) is 7.11 Å². The van der Waals surface area contributed by atoms with Crippen LogP contribution in [0.1, 0.15) is 17.2 Å². The van der Waals surface area contributed by atoms with Crippen molar-refractivity contribution >= 4 is 10.8 Å². The molecule has 0 radical (unpaired) electrons. The van der Waals surface area contributed by atoms with E-state index in [9.17, 15) is 9.90 Å². The molecule has 4 rings (SSSR count). The Morgan fingerprint density at radius 2 is 1.62 bits per heavy atom. The predicted octanol–water partition coefficient (Wildman–Crippen LogP) is 4.11. The standard InChI is InChI=1S/C24H22N2O3/c1-16-7-9-17(10-8-16)22(27)15-26-24(28)21-6-4-3-5-20(21)23(25-26)18-11-13-19(29-2)14-12-18/h3-14,22,27H,15H2,1-2H3/t22-/m1/s1. The maximum Gasteiger partial charge on any atom is 0.274 e. The number of nitrogens with zero attached hydrogens (tertiary/aromatic N) is 2. The molecule has 5 heteroatoms. The van der Waals surface area contributed by atoms with Gasteiger partial charge in [0.2, 0.25) is 0 Å². The van der Waals surface area contributed by atoms with E-state index in [0.29, 0.717) is 11.1 Å². The van der Waals surface area contributed by atoms with Crippen molar-refractivity contribution in [1.29, 1.82) is 0 Å². The molecule has 4 aromatic rings. The van der Waals surface area contributed by atoms with E-state index >= 15 is 0 Å². The van der Waals surface area contributed by atoms with Crippen molar-refractivity contribution in [3.63, 3.8) is 0 Å². The van der Waals surface area contributed by atoms with Crippen LogP contribution in [0.5, 0.6) is 5.75 Å². The lowest BCUT2D eigenvalue weighted by molar-refractivity contribution is 0.150. The summed E-state index contributed by atoms with van der Waals surface area (Å²) in [5.74, 6) is 0.751. The molecule has 0 aliphatic carbocycles. The summed E-state index contributed by atoms with van der Waals surface area (Å²) in [5, 5.41) is 16.6. The van der Waals surface area contributed by atoms with Gasteiger partial charge in [0.05, 0.1) is 30.8 Å². The van der Waals surface area contributed by atoms with Gasteiger partial charge in [-0.25, -0.2) is 4.68 Å². The van der Waals surface area contributed by atoms with E-state index in [1.165, 1.54) is 4.68 Å². The van der Waals surface area contributed by atoms with Crippen molar-refractivity contribution in [3.8, 4) is 17.0 Å². The van der Waals surface area contributed by atoms with Crippen molar-refractivity contribution in [1.82, 2.24) is 9.78 Å². The minimum Gasteiger partial charge on any atom is -0.497 e. The molecule has 146 valence electrons. The zero-order valence-electron chi connectivity index (χ0n) is 16.4. The highest BCUT2D eigenvalue weighted by molar-refractivity contribution is 5.93. The Hall–Kier alpha value is -3.44. The van der Waals surface area contributed by atoms with Crippen LogP contribution >= 0.6 is 0 Å². The van der Waals surface area contributed by atoms with Crippen LogP contribution in [0.3, 0.4) is 0 Å². The van der Waals surface area contributed by atoms with Gasteiger partial charge in [-0.1, -0.05) is 48.0 Å². The van der Waals surface area contributed by atoms with E-state index in [4.69, 9.17) is 4.74 Å². The lowest BCUT2D eigenvalue weighted by atomic mass is 10.0. The maximum atomic E-state index is 13.0. The smallest absolute Gasteiger partial charge is 0.274 e. The normalized spacial score (nSPS) is 12.1. The number of aromatic nitrogens is 2. The molecule has 0 fully saturated rings. The number of aliphatic hydroxyl groups is 1. The Kier molecular flexibility index (Phi) is 5.14. The van der Waals surface area contributed by atoms with Crippen molar-refractivity contribution in [2.24, 2.45) is 0 Å². The molecule has 0 aliphatic heterocycles. The first kappa shape index (κ1) is 18.9. The third-order valence-corrected chi connectivity index (χ3v) is 5.04. The molecule has 1 atom stereocenters. The van der Waals surface area contributed by atoms with Crippen LogP contribution in [-0.4, -0.2) is 22.0 Å². The van der Waals surface area contributed by atoms with Gasteiger partial charge in [0, 0.05) is 10.9 Å². The highest BCUT2D eigenvalue weighted by Crippen LogP contribution is 2.27. The quantitative estimate of drug-likeness (QED) is 0.561. The predicted molar refractivity (Wildman–Crippen MR) is 114 cm³/mol. The van der Waals surface area contributed by atoms with E-state index in [2.05, 4.69) is 5.10 Å². The molecule has 1 aromatic heterocycles. The second-order valence-corrected chi connectivity index (χ2v) is 7.04.